The number of rotatable bonds is 5. The highest BCUT2D eigenvalue weighted by molar-refractivity contribution is 7.87. The minimum atomic E-state index is -4.67. The third kappa shape index (κ3) is 4.13. The lowest BCUT2D eigenvalue weighted by Crippen LogP contribution is -2.63. The second-order valence-corrected chi connectivity index (χ2v) is 7.91. The van der Waals surface area contributed by atoms with E-state index < -0.39 is 58.5 Å². The maximum atomic E-state index is 12.0. The summed E-state index contributed by atoms with van der Waals surface area (Å²) in [5.41, 5.74) is 0. The van der Waals surface area contributed by atoms with E-state index in [2.05, 4.69) is 4.33 Å². The maximum absolute atomic E-state index is 12.0. The van der Waals surface area contributed by atoms with Crippen LogP contribution in [0.4, 0.5) is 0 Å². The van der Waals surface area contributed by atoms with Crippen LogP contribution in [0.1, 0.15) is 13.8 Å². The minimum absolute atomic E-state index is 0.0714. The van der Waals surface area contributed by atoms with Gasteiger partial charge in [0.25, 0.3) is 0 Å². The highest BCUT2D eigenvalue weighted by atomic mass is 32.2. The van der Waals surface area contributed by atoms with Gasteiger partial charge in [0, 0.05) is 13.0 Å². The zero-order valence-electron chi connectivity index (χ0n) is 14.0. The fraction of sp³-hybridized carbons (Fsp3) is 1.00. The van der Waals surface area contributed by atoms with Gasteiger partial charge in [0.2, 0.25) is 0 Å². The van der Waals surface area contributed by atoms with E-state index in [-0.39, 0.29) is 12.5 Å². The molecule has 0 aromatic heterocycles. The highest BCUT2D eigenvalue weighted by Crippen LogP contribution is 2.32. The van der Waals surface area contributed by atoms with Gasteiger partial charge >= 0.3 is 10.1 Å². The Morgan fingerprint density at radius 2 is 1.68 bits per heavy atom. The standard InChI is InChI=1S/C13H24O11S/c1-5-4-21-13(8(15)7(5)14)23-10-6(2)22-12(20-3)9(16)11(10)25(18,19)24-17/h5-17H,4H2,1-3H3/t5-,6?,7+,8-,9+,10+,11+,12?,13+/m1/s1. The smallest absolute Gasteiger partial charge is 0.301 e. The second kappa shape index (κ2) is 8.08. The van der Waals surface area contributed by atoms with Gasteiger partial charge in [-0.1, -0.05) is 6.92 Å². The normalized spacial score (nSPS) is 46.1. The Kier molecular flexibility index (Phi) is 6.76. The molecule has 2 aliphatic rings. The first kappa shape index (κ1) is 20.9. The van der Waals surface area contributed by atoms with E-state index in [1.807, 2.05) is 0 Å². The lowest BCUT2D eigenvalue weighted by molar-refractivity contribution is -0.314. The fourth-order valence-corrected chi connectivity index (χ4v) is 4.15. The van der Waals surface area contributed by atoms with Crippen molar-refractivity contribution in [1.29, 1.82) is 0 Å². The molecule has 0 aliphatic carbocycles. The quantitative estimate of drug-likeness (QED) is 0.305. The van der Waals surface area contributed by atoms with Crippen molar-refractivity contribution in [3.05, 3.63) is 0 Å². The molecule has 2 unspecified atom stereocenters. The number of hydrogen-bond donors (Lipinski definition) is 4. The Balaban J connectivity index is 2.26. The van der Waals surface area contributed by atoms with E-state index in [4.69, 9.17) is 24.2 Å². The van der Waals surface area contributed by atoms with Gasteiger partial charge in [-0.25, -0.2) is 5.26 Å². The molecule has 0 aromatic carbocycles. The third-order valence-corrected chi connectivity index (χ3v) is 5.87. The SMILES string of the molecule is COC1OC(C)[C@H](O[C@@H]2OC[C@@H](C)[C@H](O)[C@H]2O)[C@@H](S(=O)(=O)OO)[C@@H]1O. The zero-order valence-corrected chi connectivity index (χ0v) is 14.8. The van der Waals surface area contributed by atoms with Gasteiger partial charge < -0.3 is 34.3 Å². The number of aliphatic hydroxyl groups is 3. The molecule has 11 nitrogen and oxygen atoms in total. The molecule has 0 amide bonds. The first-order valence-electron chi connectivity index (χ1n) is 7.70. The van der Waals surface area contributed by atoms with E-state index in [1.54, 1.807) is 6.92 Å². The summed E-state index contributed by atoms with van der Waals surface area (Å²) in [6, 6.07) is 0. The average molecular weight is 388 g/mol. The Bertz CT molecular complexity index is 540. The third-order valence-electron chi connectivity index (χ3n) is 4.45. The Labute approximate surface area is 145 Å². The summed E-state index contributed by atoms with van der Waals surface area (Å²) in [7, 11) is -3.46. The summed E-state index contributed by atoms with van der Waals surface area (Å²) < 4.78 is 48.7. The van der Waals surface area contributed by atoms with Crippen molar-refractivity contribution in [3.63, 3.8) is 0 Å². The van der Waals surface area contributed by atoms with Crippen LogP contribution in [0.25, 0.3) is 0 Å². The zero-order chi connectivity index (χ0) is 18.9. The molecule has 2 aliphatic heterocycles. The summed E-state index contributed by atoms with van der Waals surface area (Å²) in [5.74, 6) is -0.348. The molecule has 4 N–H and O–H groups in total. The van der Waals surface area contributed by atoms with E-state index >= 15 is 0 Å². The van der Waals surface area contributed by atoms with Gasteiger partial charge in [0.15, 0.2) is 12.6 Å². The van der Waals surface area contributed by atoms with Crippen molar-refractivity contribution < 1.29 is 52.3 Å². The Morgan fingerprint density at radius 1 is 1.04 bits per heavy atom. The lowest BCUT2D eigenvalue weighted by atomic mass is 9.97. The molecule has 2 rings (SSSR count). The van der Waals surface area contributed by atoms with Crippen LogP contribution in [-0.4, -0.2) is 91.1 Å². The van der Waals surface area contributed by atoms with Crippen LogP contribution in [0.15, 0.2) is 0 Å². The molecule has 0 spiro atoms. The van der Waals surface area contributed by atoms with E-state index in [0.29, 0.717) is 0 Å². The fourth-order valence-electron chi connectivity index (χ4n) is 2.97. The van der Waals surface area contributed by atoms with Gasteiger partial charge in [-0.2, -0.15) is 8.42 Å². The number of ether oxygens (including phenoxy) is 4. The first-order chi connectivity index (χ1) is 11.6. The molecular weight excluding hydrogens is 364 g/mol. The van der Waals surface area contributed by atoms with Crippen LogP contribution >= 0.6 is 0 Å². The molecular formula is C13H24O11S. The van der Waals surface area contributed by atoms with Crippen LogP contribution in [0.3, 0.4) is 0 Å². The van der Waals surface area contributed by atoms with Crippen LogP contribution in [0.5, 0.6) is 0 Å². The number of methoxy groups -OCH3 is 1. The predicted molar refractivity (Wildman–Crippen MR) is 79.6 cm³/mol. The molecule has 0 bridgehead atoms. The van der Waals surface area contributed by atoms with Gasteiger partial charge in [-0.15, -0.1) is 4.33 Å². The summed E-state index contributed by atoms with van der Waals surface area (Å²) in [6.45, 7) is 3.19. The van der Waals surface area contributed by atoms with Crippen molar-refractivity contribution in [3.8, 4) is 0 Å². The highest BCUT2D eigenvalue weighted by Gasteiger charge is 2.54. The Hall–Kier alpha value is -0.410. The van der Waals surface area contributed by atoms with Gasteiger partial charge in [0.1, 0.15) is 23.6 Å². The molecule has 9 atom stereocenters. The summed E-state index contributed by atoms with van der Waals surface area (Å²) in [6.07, 6.45) is -9.29. The molecule has 2 heterocycles. The molecule has 2 fully saturated rings. The molecule has 12 heteroatoms. The molecule has 148 valence electrons. The monoisotopic (exact) mass is 388 g/mol. The van der Waals surface area contributed by atoms with Crippen LogP contribution in [0, 0.1) is 5.92 Å². The van der Waals surface area contributed by atoms with Crippen LogP contribution < -0.4 is 0 Å². The second-order valence-electron chi connectivity index (χ2n) is 6.23. The van der Waals surface area contributed by atoms with Gasteiger partial charge in [-0.05, 0) is 6.92 Å². The van der Waals surface area contributed by atoms with E-state index in [0.717, 1.165) is 0 Å². The van der Waals surface area contributed by atoms with Crippen LogP contribution in [-0.2, 0) is 33.4 Å². The number of aliphatic hydroxyl groups excluding tert-OH is 3. The topological polar surface area (TPSA) is 161 Å². The van der Waals surface area contributed by atoms with Gasteiger partial charge in [-0.3, -0.25) is 0 Å². The van der Waals surface area contributed by atoms with E-state index in [1.165, 1.54) is 14.0 Å². The van der Waals surface area contributed by atoms with Crippen molar-refractivity contribution in [1.82, 2.24) is 0 Å². The first-order valence-corrected chi connectivity index (χ1v) is 9.17. The molecule has 0 saturated carbocycles. The summed E-state index contributed by atoms with van der Waals surface area (Å²) in [5, 5.41) is 37.1. The molecule has 0 aromatic rings. The van der Waals surface area contributed by atoms with Crippen molar-refractivity contribution in [2.45, 2.75) is 62.2 Å². The largest absolute Gasteiger partial charge is 0.390 e. The summed E-state index contributed by atoms with van der Waals surface area (Å²) >= 11 is 0. The predicted octanol–water partition coefficient (Wildman–Crippen LogP) is -1.97. The van der Waals surface area contributed by atoms with Crippen LogP contribution in [0.2, 0.25) is 0 Å². The molecule has 25 heavy (non-hydrogen) atoms. The van der Waals surface area contributed by atoms with Gasteiger partial charge in [0.05, 0.1) is 18.8 Å². The molecule has 2 saturated heterocycles. The van der Waals surface area contributed by atoms with Crippen molar-refractivity contribution in [2.24, 2.45) is 5.92 Å². The minimum Gasteiger partial charge on any atom is -0.390 e. The van der Waals surface area contributed by atoms with E-state index in [9.17, 15) is 23.7 Å². The number of hydrogen-bond acceptors (Lipinski definition) is 11. The molecule has 0 radical (unpaired) electrons. The van der Waals surface area contributed by atoms with Crippen molar-refractivity contribution >= 4 is 10.1 Å². The Morgan fingerprint density at radius 3 is 2.24 bits per heavy atom. The average Bonchev–Trinajstić information content (AvgIpc) is 2.57. The van der Waals surface area contributed by atoms with Crippen molar-refractivity contribution in [2.75, 3.05) is 13.7 Å². The summed E-state index contributed by atoms with van der Waals surface area (Å²) in [4.78, 5) is 0. The lowest BCUT2D eigenvalue weighted by Gasteiger charge is -2.44. The maximum Gasteiger partial charge on any atom is 0.301 e.